The molecule has 1 aromatic heterocycles. The number of hydrogen-bond acceptors (Lipinski definition) is 1. The molecule has 2 heterocycles. The molecule has 0 saturated carbocycles. The van der Waals surface area contributed by atoms with Crippen molar-refractivity contribution >= 4 is 65.4 Å². The molecule has 0 amide bonds. The Bertz CT molecular complexity index is 2560. The number of rotatable bonds is 3. The van der Waals surface area contributed by atoms with Gasteiger partial charge in [0, 0.05) is 33.8 Å². The first-order valence-corrected chi connectivity index (χ1v) is 15.3. The van der Waals surface area contributed by atoms with Gasteiger partial charge in [0.2, 0.25) is 0 Å². The molecule has 0 N–H and O–H groups in total. The van der Waals surface area contributed by atoms with E-state index in [9.17, 15) is 0 Å². The minimum Gasteiger partial charge on any atom is -0.309 e. The molecule has 2 nitrogen and oxygen atoms in total. The summed E-state index contributed by atoms with van der Waals surface area (Å²) in [5.41, 5.74) is 8.46. The maximum Gasteiger partial charge on any atom is 0.0789 e. The average molecular weight is 573 g/mol. The zero-order valence-electron chi connectivity index (χ0n) is 24.6. The summed E-state index contributed by atoms with van der Waals surface area (Å²) in [6.45, 7) is 4.49. The van der Waals surface area contributed by atoms with Crippen LogP contribution in [-0.2, 0) is 0 Å². The lowest BCUT2D eigenvalue weighted by molar-refractivity contribution is 1.18. The Hall–Kier alpha value is -5.99. The Kier molecular flexibility index (Phi) is 5.69. The molecule has 45 heavy (non-hydrogen) atoms. The van der Waals surface area contributed by atoms with E-state index in [4.69, 9.17) is 4.99 Å². The Morgan fingerprint density at radius 3 is 1.82 bits per heavy atom. The van der Waals surface area contributed by atoms with Gasteiger partial charge in [0.05, 0.1) is 16.7 Å². The van der Waals surface area contributed by atoms with E-state index in [0.717, 1.165) is 39.2 Å². The monoisotopic (exact) mass is 572 g/mol. The summed E-state index contributed by atoms with van der Waals surface area (Å²) in [6, 6.07) is 49.9. The van der Waals surface area contributed by atoms with Gasteiger partial charge in [-0.25, -0.2) is 0 Å². The van der Waals surface area contributed by atoms with Gasteiger partial charge in [0.25, 0.3) is 0 Å². The van der Waals surface area contributed by atoms with E-state index < -0.39 is 0 Å². The second kappa shape index (κ2) is 10.0. The van der Waals surface area contributed by atoms with Gasteiger partial charge < -0.3 is 4.57 Å². The van der Waals surface area contributed by atoms with Crippen molar-refractivity contribution in [3.63, 3.8) is 0 Å². The SMILES string of the molecule is C=C1C=CC(c2ccc3c4ccccc4c4ccccc4c3c2)=CN=C1c1cccc2c3ccccc3n(-c3ccccc3)c12. The standard InChI is InChI=1S/C43H28N2/c1-28-22-23-30(29-24-25-36-34-16-6-5-14-32(34)33-15-7-8-17-35(33)40(36)26-29)27-44-42(28)39-20-11-19-38-37-18-9-10-21-41(37)45(43(38)39)31-12-3-2-4-13-31/h2-27H,1H2. The molecule has 0 radical (unpaired) electrons. The second-order valence-corrected chi connectivity index (χ2v) is 11.7. The lowest BCUT2D eigenvalue weighted by atomic mass is 9.92. The number of aliphatic imine (C=N–C) groups is 1. The van der Waals surface area contributed by atoms with Crippen molar-refractivity contribution in [3.8, 4) is 5.69 Å². The number of allylic oxidation sites excluding steroid dienone is 4. The Morgan fingerprint density at radius 2 is 1.09 bits per heavy atom. The average Bonchev–Trinajstić information content (AvgIpc) is 3.32. The van der Waals surface area contributed by atoms with Crippen molar-refractivity contribution in [2.75, 3.05) is 0 Å². The summed E-state index contributed by atoms with van der Waals surface area (Å²) in [5, 5.41) is 10.0. The van der Waals surface area contributed by atoms with Crippen molar-refractivity contribution in [2.24, 2.45) is 4.99 Å². The molecule has 0 bridgehead atoms. The molecule has 0 aliphatic carbocycles. The quantitative estimate of drug-likeness (QED) is 0.187. The van der Waals surface area contributed by atoms with Gasteiger partial charge in [-0.3, -0.25) is 4.99 Å². The predicted octanol–water partition coefficient (Wildman–Crippen LogP) is 11.2. The first-order valence-electron chi connectivity index (χ1n) is 15.3. The number of benzene rings is 7. The maximum atomic E-state index is 5.16. The lowest BCUT2D eigenvalue weighted by Crippen LogP contribution is -2.05. The van der Waals surface area contributed by atoms with Crippen LogP contribution >= 0.6 is 0 Å². The summed E-state index contributed by atoms with van der Waals surface area (Å²) in [5.74, 6) is 0. The largest absolute Gasteiger partial charge is 0.309 e. The van der Waals surface area contributed by atoms with E-state index in [1.165, 1.54) is 48.6 Å². The number of para-hydroxylation sites is 3. The Balaban J connectivity index is 1.25. The molecule has 0 saturated heterocycles. The van der Waals surface area contributed by atoms with Crippen molar-refractivity contribution in [1.29, 1.82) is 0 Å². The molecule has 7 aromatic carbocycles. The molecule has 8 aromatic rings. The molecule has 1 aliphatic rings. The zero-order valence-corrected chi connectivity index (χ0v) is 24.6. The van der Waals surface area contributed by atoms with Gasteiger partial charge in [-0.1, -0.05) is 134 Å². The molecule has 210 valence electrons. The van der Waals surface area contributed by atoms with Gasteiger partial charge in [0.1, 0.15) is 0 Å². The highest BCUT2D eigenvalue weighted by atomic mass is 15.0. The third-order valence-corrected chi connectivity index (χ3v) is 9.14. The molecule has 0 atom stereocenters. The molecule has 9 rings (SSSR count). The van der Waals surface area contributed by atoms with Gasteiger partial charge in [0.15, 0.2) is 0 Å². The van der Waals surface area contributed by atoms with E-state index in [0.29, 0.717) is 0 Å². The highest BCUT2D eigenvalue weighted by Gasteiger charge is 2.19. The van der Waals surface area contributed by atoms with Crippen molar-refractivity contribution in [3.05, 3.63) is 181 Å². The van der Waals surface area contributed by atoms with E-state index in [1.807, 2.05) is 6.20 Å². The van der Waals surface area contributed by atoms with Crippen LogP contribution in [0, 0.1) is 0 Å². The molecular formula is C43H28N2. The molecule has 0 unspecified atom stereocenters. The van der Waals surface area contributed by atoms with Crippen LogP contribution in [0.5, 0.6) is 0 Å². The third-order valence-electron chi connectivity index (χ3n) is 9.14. The second-order valence-electron chi connectivity index (χ2n) is 11.7. The van der Waals surface area contributed by atoms with Crippen LogP contribution in [0.2, 0.25) is 0 Å². The van der Waals surface area contributed by atoms with Gasteiger partial charge in [-0.2, -0.15) is 0 Å². The Morgan fingerprint density at radius 1 is 0.489 bits per heavy atom. The van der Waals surface area contributed by atoms with E-state index in [2.05, 4.69) is 163 Å². The number of nitrogens with zero attached hydrogens (tertiary/aromatic N) is 2. The smallest absolute Gasteiger partial charge is 0.0789 e. The van der Waals surface area contributed by atoms with Crippen molar-refractivity contribution < 1.29 is 0 Å². The molecule has 1 aliphatic heterocycles. The topological polar surface area (TPSA) is 17.3 Å². The summed E-state index contributed by atoms with van der Waals surface area (Å²) >= 11 is 0. The minimum absolute atomic E-state index is 0.879. The van der Waals surface area contributed by atoms with E-state index >= 15 is 0 Å². The summed E-state index contributed by atoms with van der Waals surface area (Å²) in [4.78, 5) is 5.16. The number of fused-ring (bicyclic) bond motifs is 9. The molecule has 0 fully saturated rings. The van der Waals surface area contributed by atoms with Gasteiger partial charge in [-0.15, -0.1) is 0 Å². The third kappa shape index (κ3) is 3.93. The first-order chi connectivity index (χ1) is 22.3. The van der Waals surface area contributed by atoms with Crippen molar-refractivity contribution in [1.82, 2.24) is 4.57 Å². The fourth-order valence-electron chi connectivity index (χ4n) is 7.08. The van der Waals surface area contributed by atoms with Gasteiger partial charge >= 0.3 is 0 Å². The van der Waals surface area contributed by atoms with Crippen LogP contribution < -0.4 is 0 Å². The zero-order chi connectivity index (χ0) is 29.9. The van der Waals surface area contributed by atoms with Crippen LogP contribution in [0.25, 0.3) is 65.4 Å². The maximum absolute atomic E-state index is 5.16. The summed E-state index contributed by atoms with van der Waals surface area (Å²) in [6.07, 6.45) is 6.26. The lowest BCUT2D eigenvalue weighted by Gasteiger charge is -2.13. The fraction of sp³-hybridized carbons (Fsp3) is 0. The molecule has 0 spiro atoms. The molecular weight excluding hydrogens is 544 g/mol. The van der Waals surface area contributed by atoms with Crippen LogP contribution in [0.4, 0.5) is 0 Å². The van der Waals surface area contributed by atoms with Crippen LogP contribution in [0.1, 0.15) is 11.1 Å². The first kappa shape index (κ1) is 25.5. The number of aromatic nitrogens is 1. The van der Waals surface area contributed by atoms with Crippen LogP contribution in [0.3, 0.4) is 0 Å². The highest BCUT2D eigenvalue weighted by molar-refractivity contribution is 6.26. The summed E-state index contributed by atoms with van der Waals surface area (Å²) in [7, 11) is 0. The number of hydrogen-bond donors (Lipinski definition) is 0. The Labute approximate surface area is 261 Å². The van der Waals surface area contributed by atoms with Crippen molar-refractivity contribution in [2.45, 2.75) is 0 Å². The van der Waals surface area contributed by atoms with Crippen LogP contribution in [-0.4, -0.2) is 10.3 Å². The minimum atomic E-state index is 0.879. The summed E-state index contributed by atoms with van der Waals surface area (Å²) < 4.78 is 2.35. The van der Waals surface area contributed by atoms with E-state index in [1.54, 1.807) is 0 Å². The molecule has 2 heteroatoms. The highest BCUT2D eigenvalue weighted by Crippen LogP contribution is 2.38. The van der Waals surface area contributed by atoms with Gasteiger partial charge in [-0.05, 0) is 67.7 Å². The fourth-order valence-corrected chi connectivity index (χ4v) is 7.08. The van der Waals surface area contributed by atoms with E-state index in [-0.39, 0.29) is 0 Å². The van der Waals surface area contributed by atoms with Crippen LogP contribution in [0.15, 0.2) is 175 Å². The predicted molar refractivity (Wildman–Crippen MR) is 193 cm³/mol. The normalized spacial score (nSPS) is 13.6.